The number of nitrogens with zero attached hydrogens (tertiary/aromatic N) is 5. The van der Waals surface area contributed by atoms with Gasteiger partial charge in [0.1, 0.15) is 29.5 Å². The number of fused-ring (bicyclic) bond motifs is 1. The van der Waals surface area contributed by atoms with Crippen molar-refractivity contribution in [3.8, 4) is 5.75 Å². The van der Waals surface area contributed by atoms with Crippen molar-refractivity contribution in [1.29, 1.82) is 0 Å². The van der Waals surface area contributed by atoms with Gasteiger partial charge < -0.3 is 15.2 Å². The number of tetrazole rings is 1. The van der Waals surface area contributed by atoms with Crippen LogP contribution in [-0.4, -0.2) is 61.3 Å². The fourth-order valence-corrected chi connectivity index (χ4v) is 4.40. The zero-order valence-electron chi connectivity index (χ0n) is 16.4. The molecule has 0 saturated carbocycles. The number of thioether (sulfide) groups is 1. The van der Waals surface area contributed by atoms with E-state index in [1.165, 1.54) is 21.5 Å². The number of ether oxygens (including phenoxy) is 2. The van der Waals surface area contributed by atoms with Gasteiger partial charge in [0.2, 0.25) is 5.91 Å². The number of allylic oxidation sites excluding steroid dienone is 1. The van der Waals surface area contributed by atoms with Crippen molar-refractivity contribution in [2.24, 2.45) is 12.8 Å². The topological polar surface area (TPSA) is 125 Å². The molecule has 2 aromatic rings. The van der Waals surface area contributed by atoms with Gasteiger partial charge in [-0.3, -0.25) is 9.69 Å². The van der Waals surface area contributed by atoms with Crippen LogP contribution in [0.4, 0.5) is 0 Å². The van der Waals surface area contributed by atoms with Crippen molar-refractivity contribution in [3.63, 3.8) is 0 Å². The second-order valence-electron chi connectivity index (χ2n) is 6.70. The molecule has 0 aliphatic carbocycles. The van der Waals surface area contributed by atoms with Gasteiger partial charge in [-0.05, 0) is 34.6 Å². The fraction of sp³-hybridized carbons (Fsp3) is 0.316. The number of amides is 1. The van der Waals surface area contributed by atoms with E-state index >= 15 is 0 Å². The first kappa shape index (κ1) is 20.1. The summed E-state index contributed by atoms with van der Waals surface area (Å²) in [7, 11) is 3.24. The highest BCUT2D eigenvalue weighted by molar-refractivity contribution is 8.00. The maximum atomic E-state index is 12.9. The molecule has 11 heteroatoms. The molecule has 1 saturated heterocycles. The lowest BCUT2D eigenvalue weighted by Gasteiger charge is -2.48. The molecule has 2 aliphatic rings. The van der Waals surface area contributed by atoms with E-state index in [-0.39, 0.29) is 23.6 Å². The molecule has 30 heavy (non-hydrogen) atoms. The van der Waals surface area contributed by atoms with Gasteiger partial charge in [0.15, 0.2) is 5.82 Å². The third-order valence-corrected chi connectivity index (χ3v) is 6.04. The smallest absolute Gasteiger partial charge is 0.355 e. The third-order valence-electron chi connectivity index (χ3n) is 4.72. The number of carbonyl (C=O) groups is 2. The number of nitrogens with two attached hydrogens (primary N) is 1. The Hall–Kier alpha value is -3.18. The fourth-order valence-electron chi connectivity index (χ4n) is 3.14. The van der Waals surface area contributed by atoms with Gasteiger partial charge in [0, 0.05) is 5.75 Å². The molecule has 1 aromatic heterocycles. The Balaban J connectivity index is 1.56. The zero-order valence-corrected chi connectivity index (χ0v) is 17.2. The summed E-state index contributed by atoms with van der Waals surface area (Å²) in [5.41, 5.74) is 7.55. The number of β-lactam (4-membered cyclic amide) rings is 1. The van der Waals surface area contributed by atoms with Crippen LogP contribution in [0.25, 0.3) is 6.08 Å². The zero-order chi connectivity index (χ0) is 21.3. The molecule has 3 heterocycles. The normalized spacial score (nSPS) is 20.9. The predicted molar refractivity (Wildman–Crippen MR) is 109 cm³/mol. The Kier molecular flexibility index (Phi) is 5.55. The van der Waals surface area contributed by atoms with E-state index in [9.17, 15) is 9.59 Å². The van der Waals surface area contributed by atoms with Crippen LogP contribution in [-0.2, 0) is 28.0 Å². The van der Waals surface area contributed by atoms with Gasteiger partial charge in [0.25, 0.3) is 0 Å². The quantitative estimate of drug-likeness (QED) is 0.516. The molecule has 2 atom stereocenters. The number of hydrogen-bond acceptors (Lipinski definition) is 9. The molecule has 1 aromatic carbocycles. The number of carbonyl (C=O) groups excluding carboxylic acids is 2. The van der Waals surface area contributed by atoms with E-state index in [4.69, 9.17) is 15.2 Å². The highest BCUT2D eigenvalue weighted by Crippen LogP contribution is 2.40. The number of esters is 1. The number of aryl methyl sites for hydroxylation is 1. The first-order valence-corrected chi connectivity index (χ1v) is 10.2. The highest BCUT2D eigenvalue weighted by atomic mass is 32.2. The summed E-state index contributed by atoms with van der Waals surface area (Å²) >= 11 is 1.50. The lowest BCUT2D eigenvalue weighted by atomic mass is 10.0. The van der Waals surface area contributed by atoms with Gasteiger partial charge >= 0.3 is 5.97 Å². The average Bonchev–Trinajstić information content (AvgIpc) is 3.20. The molecule has 2 aliphatic heterocycles. The maximum absolute atomic E-state index is 12.9. The Morgan fingerprint density at radius 2 is 2.10 bits per heavy atom. The van der Waals surface area contributed by atoms with Gasteiger partial charge in [-0.2, -0.15) is 4.80 Å². The van der Waals surface area contributed by atoms with Gasteiger partial charge in [-0.1, -0.05) is 18.2 Å². The minimum absolute atomic E-state index is 0.0704. The van der Waals surface area contributed by atoms with E-state index in [0.717, 1.165) is 5.56 Å². The van der Waals surface area contributed by atoms with E-state index in [0.29, 0.717) is 22.9 Å². The minimum atomic E-state index is -0.619. The Labute approximate surface area is 176 Å². The van der Waals surface area contributed by atoms with Crippen LogP contribution in [0.2, 0.25) is 0 Å². The minimum Gasteiger partial charge on any atom is -0.497 e. The molecule has 0 unspecified atom stereocenters. The second kappa shape index (κ2) is 8.28. The van der Waals surface area contributed by atoms with Crippen molar-refractivity contribution >= 4 is 29.7 Å². The van der Waals surface area contributed by atoms with Crippen LogP contribution in [0.5, 0.6) is 5.75 Å². The van der Waals surface area contributed by atoms with Crippen LogP contribution in [0, 0.1) is 0 Å². The molecule has 1 amide bonds. The largest absolute Gasteiger partial charge is 0.497 e. The molecule has 0 radical (unpaired) electrons. The van der Waals surface area contributed by atoms with E-state index in [2.05, 4.69) is 15.4 Å². The summed E-state index contributed by atoms with van der Waals surface area (Å²) in [6.07, 6.45) is 3.35. The van der Waals surface area contributed by atoms with Gasteiger partial charge in [-0.25, -0.2) is 4.79 Å². The average molecular weight is 428 g/mol. The van der Waals surface area contributed by atoms with E-state index in [1.54, 1.807) is 38.4 Å². The van der Waals surface area contributed by atoms with Crippen LogP contribution < -0.4 is 10.5 Å². The monoisotopic (exact) mass is 428 g/mol. The summed E-state index contributed by atoms with van der Waals surface area (Å²) in [4.78, 5) is 28.0. The summed E-state index contributed by atoms with van der Waals surface area (Å²) in [6, 6.07) is 6.58. The molecule has 1 fully saturated rings. The van der Waals surface area contributed by atoms with Gasteiger partial charge in [0.05, 0.1) is 14.2 Å². The lowest BCUT2D eigenvalue weighted by Crippen LogP contribution is -2.68. The standard InChI is InChI=1S/C19H20N6O4S/c1-24-22-14(21-23-24)8-5-12-10-30-18-15(20)17(26)25(18)16(12)19(27)29-9-11-3-6-13(28-2)7-4-11/h3-8,15,18H,9-10,20H2,1-2H3/b8-5+/t15-,18-/m1/s1. The number of hydrogen-bond donors (Lipinski definition) is 1. The molecular weight excluding hydrogens is 408 g/mol. The summed E-state index contributed by atoms with van der Waals surface area (Å²) in [6.45, 7) is 0.0704. The summed E-state index contributed by atoms with van der Waals surface area (Å²) in [5.74, 6) is 0.737. The number of benzene rings is 1. The Morgan fingerprint density at radius 3 is 2.77 bits per heavy atom. The molecule has 0 bridgehead atoms. The van der Waals surface area contributed by atoms with Crippen molar-refractivity contribution in [2.45, 2.75) is 18.0 Å². The van der Waals surface area contributed by atoms with Crippen molar-refractivity contribution in [3.05, 3.63) is 53.0 Å². The molecule has 156 valence electrons. The van der Waals surface area contributed by atoms with Gasteiger partial charge in [-0.15, -0.1) is 22.0 Å². The number of methoxy groups -OCH3 is 1. The van der Waals surface area contributed by atoms with Crippen molar-refractivity contribution < 1.29 is 19.1 Å². The first-order valence-electron chi connectivity index (χ1n) is 9.13. The number of aromatic nitrogens is 4. The first-order chi connectivity index (χ1) is 14.5. The third kappa shape index (κ3) is 3.81. The van der Waals surface area contributed by atoms with Crippen molar-refractivity contribution in [1.82, 2.24) is 25.1 Å². The van der Waals surface area contributed by atoms with Crippen LogP contribution in [0.15, 0.2) is 41.6 Å². The van der Waals surface area contributed by atoms with Crippen LogP contribution >= 0.6 is 11.8 Å². The SMILES string of the molecule is COc1ccc(COC(=O)C2=C(/C=C/c3nnn(C)n3)CS[C@@H]3[C@H](N)C(=O)N23)cc1. The predicted octanol–water partition coefficient (Wildman–Crippen LogP) is 0.472. The second-order valence-corrected chi connectivity index (χ2v) is 7.81. The number of rotatable bonds is 6. The van der Waals surface area contributed by atoms with Crippen LogP contribution in [0.1, 0.15) is 11.4 Å². The maximum Gasteiger partial charge on any atom is 0.355 e. The Morgan fingerprint density at radius 1 is 1.33 bits per heavy atom. The summed E-state index contributed by atoms with van der Waals surface area (Å²) < 4.78 is 10.6. The van der Waals surface area contributed by atoms with Crippen LogP contribution in [0.3, 0.4) is 0 Å². The molecule has 0 spiro atoms. The Bertz CT molecular complexity index is 1030. The van der Waals surface area contributed by atoms with E-state index in [1.807, 2.05) is 12.1 Å². The molecule has 4 rings (SSSR count). The van der Waals surface area contributed by atoms with Crippen molar-refractivity contribution in [2.75, 3.05) is 12.9 Å². The molecule has 2 N–H and O–H groups in total. The van der Waals surface area contributed by atoms with E-state index < -0.39 is 12.0 Å². The molecule has 10 nitrogen and oxygen atoms in total. The summed E-state index contributed by atoms with van der Waals surface area (Å²) in [5, 5.41) is 11.5. The lowest BCUT2D eigenvalue weighted by molar-refractivity contribution is -0.151. The highest BCUT2D eigenvalue weighted by Gasteiger charge is 2.51. The molecular formula is C19H20N6O4S.